The molecule has 0 aromatic heterocycles. The standard InChI is InChI=1S/C15H30N2O2/c1-3-19-15(18)7-5-4-6-12-17(2)13-14-8-10-16-11-9-14/h14,16H,3-13H2,1-2H3. The third kappa shape index (κ3) is 8.22. The number of piperidine rings is 1. The summed E-state index contributed by atoms with van der Waals surface area (Å²) in [5, 5.41) is 3.41. The highest BCUT2D eigenvalue weighted by Crippen LogP contribution is 2.13. The van der Waals surface area contributed by atoms with Crippen LogP contribution in [0.25, 0.3) is 0 Å². The maximum absolute atomic E-state index is 11.2. The minimum absolute atomic E-state index is 0.0504. The minimum Gasteiger partial charge on any atom is -0.466 e. The molecule has 0 aromatic rings. The first kappa shape index (κ1) is 16.4. The van der Waals surface area contributed by atoms with Gasteiger partial charge in [-0.15, -0.1) is 0 Å². The van der Waals surface area contributed by atoms with Crippen molar-refractivity contribution in [2.24, 2.45) is 5.92 Å². The van der Waals surface area contributed by atoms with Crippen LogP contribution in [0.1, 0.15) is 45.4 Å². The third-order valence-corrected chi connectivity index (χ3v) is 3.75. The average Bonchev–Trinajstić information content (AvgIpc) is 2.40. The van der Waals surface area contributed by atoms with Crippen molar-refractivity contribution >= 4 is 5.97 Å². The fraction of sp³-hybridized carbons (Fsp3) is 0.933. The van der Waals surface area contributed by atoms with Gasteiger partial charge in [-0.3, -0.25) is 4.79 Å². The molecule has 0 bridgehead atoms. The molecule has 0 atom stereocenters. The molecule has 0 spiro atoms. The van der Waals surface area contributed by atoms with E-state index in [1.165, 1.54) is 38.9 Å². The number of carbonyl (C=O) groups excluding carboxylic acids is 1. The molecule has 4 heteroatoms. The van der Waals surface area contributed by atoms with Gasteiger partial charge in [0.15, 0.2) is 0 Å². The molecule has 19 heavy (non-hydrogen) atoms. The van der Waals surface area contributed by atoms with Gasteiger partial charge in [-0.2, -0.15) is 0 Å². The Bertz CT molecular complexity index is 240. The van der Waals surface area contributed by atoms with Gasteiger partial charge in [0.05, 0.1) is 6.61 Å². The zero-order valence-corrected chi connectivity index (χ0v) is 12.6. The lowest BCUT2D eigenvalue weighted by molar-refractivity contribution is -0.143. The molecule has 0 aromatic carbocycles. The molecule has 0 saturated carbocycles. The van der Waals surface area contributed by atoms with Crippen molar-refractivity contribution in [2.75, 3.05) is 39.8 Å². The molecule has 1 aliphatic rings. The maximum atomic E-state index is 11.2. The van der Waals surface area contributed by atoms with Crippen molar-refractivity contribution in [3.05, 3.63) is 0 Å². The van der Waals surface area contributed by atoms with Gasteiger partial charge in [0, 0.05) is 13.0 Å². The van der Waals surface area contributed by atoms with Gasteiger partial charge >= 0.3 is 5.97 Å². The number of ether oxygens (including phenoxy) is 1. The Hall–Kier alpha value is -0.610. The Balaban J connectivity index is 1.94. The van der Waals surface area contributed by atoms with Crippen molar-refractivity contribution in [1.82, 2.24) is 10.2 Å². The van der Waals surface area contributed by atoms with E-state index in [2.05, 4.69) is 17.3 Å². The van der Waals surface area contributed by atoms with Crippen LogP contribution >= 0.6 is 0 Å². The van der Waals surface area contributed by atoms with E-state index in [1.807, 2.05) is 6.92 Å². The van der Waals surface area contributed by atoms with Gasteiger partial charge in [0.25, 0.3) is 0 Å². The van der Waals surface area contributed by atoms with Gasteiger partial charge in [-0.05, 0) is 65.2 Å². The number of rotatable bonds is 9. The molecule has 4 nitrogen and oxygen atoms in total. The van der Waals surface area contributed by atoms with E-state index in [9.17, 15) is 4.79 Å². The van der Waals surface area contributed by atoms with Crippen LogP contribution in [-0.4, -0.2) is 50.7 Å². The number of hydrogen-bond acceptors (Lipinski definition) is 4. The molecular weight excluding hydrogens is 240 g/mol. The molecule has 0 amide bonds. The Morgan fingerprint density at radius 3 is 2.68 bits per heavy atom. The number of hydrogen-bond donors (Lipinski definition) is 1. The average molecular weight is 270 g/mol. The van der Waals surface area contributed by atoms with E-state index in [-0.39, 0.29) is 5.97 Å². The summed E-state index contributed by atoms with van der Waals surface area (Å²) in [7, 11) is 2.22. The van der Waals surface area contributed by atoms with Gasteiger partial charge in [-0.25, -0.2) is 0 Å². The lowest BCUT2D eigenvalue weighted by Gasteiger charge is -2.27. The van der Waals surface area contributed by atoms with Crippen LogP contribution in [0.2, 0.25) is 0 Å². The van der Waals surface area contributed by atoms with Gasteiger partial charge < -0.3 is 15.0 Å². The first-order valence-corrected chi connectivity index (χ1v) is 7.77. The molecule has 0 radical (unpaired) electrons. The molecule has 0 aliphatic carbocycles. The largest absolute Gasteiger partial charge is 0.466 e. The molecule has 1 fully saturated rings. The molecule has 1 heterocycles. The van der Waals surface area contributed by atoms with E-state index >= 15 is 0 Å². The van der Waals surface area contributed by atoms with E-state index in [0.717, 1.165) is 25.3 Å². The van der Waals surface area contributed by atoms with E-state index in [4.69, 9.17) is 4.74 Å². The Morgan fingerprint density at radius 1 is 1.26 bits per heavy atom. The summed E-state index contributed by atoms with van der Waals surface area (Å²) in [4.78, 5) is 13.6. The summed E-state index contributed by atoms with van der Waals surface area (Å²) in [6.45, 7) is 7.08. The summed E-state index contributed by atoms with van der Waals surface area (Å²) in [6.07, 6.45) is 6.46. The Morgan fingerprint density at radius 2 is 2.00 bits per heavy atom. The molecule has 1 rings (SSSR count). The van der Waals surface area contributed by atoms with Crippen molar-refractivity contribution < 1.29 is 9.53 Å². The zero-order valence-electron chi connectivity index (χ0n) is 12.6. The molecule has 0 unspecified atom stereocenters. The lowest BCUT2D eigenvalue weighted by Crippen LogP contribution is -2.34. The van der Waals surface area contributed by atoms with Crippen molar-refractivity contribution in [2.45, 2.75) is 45.4 Å². The van der Waals surface area contributed by atoms with E-state index in [0.29, 0.717) is 13.0 Å². The third-order valence-electron chi connectivity index (χ3n) is 3.75. The molecule has 112 valence electrons. The molecule has 1 N–H and O–H groups in total. The Labute approximate surface area is 117 Å². The lowest BCUT2D eigenvalue weighted by atomic mass is 9.97. The summed E-state index contributed by atoms with van der Waals surface area (Å²) in [5.74, 6) is 0.816. The maximum Gasteiger partial charge on any atom is 0.305 e. The number of carbonyl (C=O) groups is 1. The first-order valence-electron chi connectivity index (χ1n) is 7.77. The summed E-state index contributed by atoms with van der Waals surface area (Å²) >= 11 is 0. The van der Waals surface area contributed by atoms with Gasteiger partial charge in [0.2, 0.25) is 0 Å². The quantitative estimate of drug-likeness (QED) is 0.514. The van der Waals surface area contributed by atoms with E-state index < -0.39 is 0 Å². The molecule has 1 aliphatic heterocycles. The van der Waals surface area contributed by atoms with Crippen LogP contribution in [0.4, 0.5) is 0 Å². The Kier molecular flexibility index (Phi) is 8.84. The first-order chi connectivity index (χ1) is 9.22. The van der Waals surface area contributed by atoms with Crippen LogP contribution in [0, 0.1) is 5.92 Å². The number of nitrogens with zero attached hydrogens (tertiary/aromatic N) is 1. The van der Waals surface area contributed by atoms with Crippen LogP contribution < -0.4 is 5.32 Å². The van der Waals surface area contributed by atoms with Crippen LogP contribution in [0.15, 0.2) is 0 Å². The molecular formula is C15H30N2O2. The second-order valence-electron chi connectivity index (χ2n) is 5.57. The topological polar surface area (TPSA) is 41.6 Å². The van der Waals surface area contributed by atoms with Crippen LogP contribution in [-0.2, 0) is 9.53 Å². The monoisotopic (exact) mass is 270 g/mol. The predicted octanol–water partition coefficient (Wildman–Crippen LogP) is 2.04. The van der Waals surface area contributed by atoms with Crippen molar-refractivity contribution in [1.29, 1.82) is 0 Å². The predicted molar refractivity (Wildman–Crippen MR) is 78.2 cm³/mol. The van der Waals surface area contributed by atoms with E-state index in [1.54, 1.807) is 0 Å². The highest BCUT2D eigenvalue weighted by Gasteiger charge is 2.14. The number of esters is 1. The zero-order chi connectivity index (χ0) is 13.9. The van der Waals surface area contributed by atoms with Crippen LogP contribution in [0.3, 0.4) is 0 Å². The van der Waals surface area contributed by atoms with Crippen LogP contribution in [0.5, 0.6) is 0 Å². The summed E-state index contributed by atoms with van der Waals surface area (Å²) in [5.41, 5.74) is 0. The SMILES string of the molecule is CCOC(=O)CCCCCN(C)CC1CCNCC1. The fourth-order valence-electron chi connectivity index (χ4n) is 2.66. The van der Waals surface area contributed by atoms with Crippen molar-refractivity contribution in [3.63, 3.8) is 0 Å². The molecule has 1 saturated heterocycles. The summed E-state index contributed by atoms with van der Waals surface area (Å²) < 4.78 is 4.91. The summed E-state index contributed by atoms with van der Waals surface area (Å²) in [6, 6.07) is 0. The van der Waals surface area contributed by atoms with Gasteiger partial charge in [-0.1, -0.05) is 6.42 Å². The smallest absolute Gasteiger partial charge is 0.305 e. The second kappa shape index (κ2) is 10.2. The van der Waals surface area contributed by atoms with Crippen molar-refractivity contribution in [3.8, 4) is 0 Å². The highest BCUT2D eigenvalue weighted by molar-refractivity contribution is 5.69. The van der Waals surface area contributed by atoms with Gasteiger partial charge in [0.1, 0.15) is 0 Å². The number of unbranched alkanes of at least 4 members (excludes halogenated alkanes) is 2. The fourth-order valence-corrected chi connectivity index (χ4v) is 2.66. The number of nitrogens with one attached hydrogen (secondary N) is 1. The minimum atomic E-state index is -0.0504. The normalized spacial score (nSPS) is 16.8. The highest BCUT2D eigenvalue weighted by atomic mass is 16.5. The second-order valence-corrected chi connectivity index (χ2v) is 5.57.